The lowest BCUT2D eigenvalue weighted by molar-refractivity contribution is -0.134. The quantitative estimate of drug-likeness (QED) is 0.583. The summed E-state index contributed by atoms with van der Waals surface area (Å²) in [6, 6.07) is 25.5. The predicted molar refractivity (Wildman–Crippen MR) is 110 cm³/mol. The molecule has 0 spiro atoms. The number of hydrogen-bond donors (Lipinski definition) is 0. The van der Waals surface area contributed by atoms with Gasteiger partial charge in [0.1, 0.15) is 5.75 Å². The van der Waals surface area contributed by atoms with Crippen molar-refractivity contribution in [1.29, 1.82) is 0 Å². The molecule has 0 bridgehead atoms. The Morgan fingerprint density at radius 3 is 2.31 bits per heavy atom. The molecule has 3 aromatic carbocycles. The Bertz CT molecular complexity index is 944. The topological polar surface area (TPSA) is 48.0 Å². The van der Waals surface area contributed by atoms with Crippen molar-refractivity contribution in [2.24, 2.45) is 0 Å². The zero-order valence-corrected chi connectivity index (χ0v) is 16.1. The monoisotopic (exact) mass is 389 g/mol. The molecule has 4 rings (SSSR count). The molecule has 0 N–H and O–H groups in total. The Morgan fingerprint density at radius 1 is 0.862 bits per heavy atom. The Kier molecular flexibility index (Phi) is 5.95. The molecule has 0 aromatic heterocycles. The molecule has 148 valence electrons. The van der Waals surface area contributed by atoms with Crippen LogP contribution in [0.3, 0.4) is 0 Å². The smallest absolute Gasteiger partial charge is 0.260 e. The fourth-order valence-electron chi connectivity index (χ4n) is 3.21. The van der Waals surface area contributed by atoms with Gasteiger partial charge in [0.05, 0.1) is 0 Å². The van der Waals surface area contributed by atoms with Crippen molar-refractivity contribution in [3.05, 3.63) is 90.0 Å². The molecule has 1 aliphatic rings. The molecular weight excluding hydrogens is 366 g/mol. The van der Waals surface area contributed by atoms with Crippen LogP contribution in [0, 0.1) is 0 Å². The van der Waals surface area contributed by atoms with Crippen LogP contribution in [-0.4, -0.2) is 30.8 Å². The number of fused-ring (bicyclic) bond motifs is 1. The van der Waals surface area contributed by atoms with Gasteiger partial charge in [0.25, 0.3) is 5.91 Å². The first-order chi connectivity index (χ1) is 14.3. The molecule has 3 aromatic rings. The largest absolute Gasteiger partial charge is 0.484 e. The maximum Gasteiger partial charge on any atom is 0.260 e. The Morgan fingerprint density at radius 2 is 1.55 bits per heavy atom. The summed E-state index contributed by atoms with van der Waals surface area (Å²) < 4.78 is 16.4. The second-order valence-electron chi connectivity index (χ2n) is 6.84. The summed E-state index contributed by atoms with van der Waals surface area (Å²) in [6.07, 6.45) is 0.795. The summed E-state index contributed by atoms with van der Waals surface area (Å²) in [7, 11) is 0. The molecule has 1 amide bonds. The lowest BCUT2D eigenvalue weighted by Crippen LogP contribution is -2.36. The van der Waals surface area contributed by atoms with Crippen LogP contribution in [0.5, 0.6) is 17.2 Å². The summed E-state index contributed by atoms with van der Waals surface area (Å²) in [4.78, 5) is 14.8. The molecule has 29 heavy (non-hydrogen) atoms. The number of hydrogen-bond acceptors (Lipinski definition) is 4. The number of ether oxygens (including phenoxy) is 3. The van der Waals surface area contributed by atoms with E-state index in [9.17, 15) is 4.79 Å². The van der Waals surface area contributed by atoms with E-state index in [0.717, 1.165) is 12.0 Å². The molecule has 0 fully saturated rings. The normalized spacial score (nSPS) is 11.9. The van der Waals surface area contributed by atoms with Crippen LogP contribution in [0.15, 0.2) is 78.9 Å². The second kappa shape index (κ2) is 9.15. The molecule has 1 aliphatic heterocycles. The number of benzene rings is 3. The van der Waals surface area contributed by atoms with Crippen molar-refractivity contribution in [3.8, 4) is 17.2 Å². The van der Waals surface area contributed by atoms with E-state index in [4.69, 9.17) is 14.2 Å². The third kappa shape index (κ3) is 5.08. The van der Waals surface area contributed by atoms with Gasteiger partial charge in [0.2, 0.25) is 6.79 Å². The fourth-order valence-corrected chi connectivity index (χ4v) is 3.21. The fraction of sp³-hybridized carbons (Fsp3) is 0.208. The zero-order valence-electron chi connectivity index (χ0n) is 16.1. The average molecular weight is 389 g/mol. The predicted octanol–water partition coefficient (Wildman–Crippen LogP) is 4.07. The molecule has 1 heterocycles. The van der Waals surface area contributed by atoms with E-state index < -0.39 is 0 Å². The highest BCUT2D eigenvalue weighted by Gasteiger charge is 2.17. The van der Waals surface area contributed by atoms with E-state index in [0.29, 0.717) is 30.3 Å². The summed E-state index contributed by atoms with van der Waals surface area (Å²) in [5, 5.41) is 0. The lowest BCUT2D eigenvalue weighted by Gasteiger charge is -2.23. The zero-order chi connectivity index (χ0) is 19.9. The van der Waals surface area contributed by atoms with Gasteiger partial charge in [-0.1, -0.05) is 60.7 Å². The Balaban J connectivity index is 1.40. The van der Waals surface area contributed by atoms with Crippen LogP contribution in [0.4, 0.5) is 0 Å². The molecule has 0 aliphatic carbocycles. The van der Waals surface area contributed by atoms with E-state index in [1.807, 2.05) is 53.4 Å². The van der Waals surface area contributed by atoms with E-state index in [1.54, 1.807) is 18.2 Å². The van der Waals surface area contributed by atoms with Gasteiger partial charge in [-0.3, -0.25) is 4.79 Å². The maximum atomic E-state index is 12.9. The van der Waals surface area contributed by atoms with Crippen molar-refractivity contribution in [1.82, 2.24) is 4.90 Å². The van der Waals surface area contributed by atoms with E-state index in [-0.39, 0.29) is 19.3 Å². The molecular formula is C24H23NO4. The SMILES string of the molecule is O=C(COc1ccc2c(c1)OCO2)N(CCc1ccccc1)Cc1ccccc1. The summed E-state index contributed by atoms with van der Waals surface area (Å²) in [5.41, 5.74) is 2.30. The minimum atomic E-state index is -0.0533. The summed E-state index contributed by atoms with van der Waals surface area (Å²) in [6.45, 7) is 1.36. The van der Waals surface area contributed by atoms with Crippen LogP contribution in [0.25, 0.3) is 0 Å². The van der Waals surface area contributed by atoms with Crippen molar-refractivity contribution in [2.45, 2.75) is 13.0 Å². The van der Waals surface area contributed by atoms with Crippen molar-refractivity contribution >= 4 is 5.91 Å². The van der Waals surface area contributed by atoms with Crippen LogP contribution in [-0.2, 0) is 17.8 Å². The standard InChI is InChI=1S/C24H23NO4/c26-24(17-27-21-11-12-22-23(15-21)29-18-28-22)25(16-20-9-5-2-6-10-20)14-13-19-7-3-1-4-8-19/h1-12,15H,13-14,16-18H2. The van der Waals surface area contributed by atoms with Gasteiger partial charge in [-0.25, -0.2) is 0 Å². The first kappa shape index (κ1) is 18.9. The molecule has 0 saturated carbocycles. The van der Waals surface area contributed by atoms with Gasteiger partial charge >= 0.3 is 0 Å². The van der Waals surface area contributed by atoms with Gasteiger partial charge in [-0.15, -0.1) is 0 Å². The first-order valence-electron chi connectivity index (χ1n) is 9.66. The highest BCUT2D eigenvalue weighted by atomic mass is 16.7. The Labute approximate surface area is 170 Å². The minimum absolute atomic E-state index is 0.0265. The molecule has 0 saturated heterocycles. The van der Waals surface area contributed by atoms with E-state index >= 15 is 0 Å². The van der Waals surface area contributed by atoms with Crippen LogP contribution < -0.4 is 14.2 Å². The highest BCUT2D eigenvalue weighted by molar-refractivity contribution is 5.77. The summed E-state index contributed by atoms with van der Waals surface area (Å²) in [5.74, 6) is 1.87. The molecule has 0 radical (unpaired) electrons. The van der Waals surface area contributed by atoms with Gasteiger partial charge in [-0.2, -0.15) is 0 Å². The van der Waals surface area contributed by atoms with Gasteiger partial charge in [0.15, 0.2) is 18.1 Å². The number of nitrogens with zero attached hydrogens (tertiary/aromatic N) is 1. The van der Waals surface area contributed by atoms with Crippen molar-refractivity contribution in [2.75, 3.05) is 19.9 Å². The third-order valence-corrected chi connectivity index (χ3v) is 4.79. The molecule has 5 nitrogen and oxygen atoms in total. The molecule has 0 atom stereocenters. The van der Waals surface area contributed by atoms with Crippen molar-refractivity contribution in [3.63, 3.8) is 0 Å². The number of carbonyl (C=O) groups excluding carboxylic acids is 1. The van der Waals surface area contributed by atoms with E-state index in [2.05, 4.69) is 12.1 Å². The third-order valence-electron chi connectivity index (χ3n) is 4.79. The number of amides is 1. The van der Waals surface area contributed by atoms with E-state index in [1.165, 1.54) is 5.56 Å². The van der Waals surface area contributed by atoms with Crippen LogP contribution >= 0.6 is 0 Å². The van der Waals surface area contributed by atoms with Crippen LogP contribution in [0.2, 0.25) is 0 Å². The maximum absolute atomic E-state index is 12.9. The van der Waals surface area contributed by atoms with Gasteiger partial charge < -0.3 is 19.1 Å². The summed E-state index contributed by atoms with van der Waals surface area (Å²) >= 11 is 0. The van der Waals surface area contributed by atoms with Gasteiger partial charge in [0, 0.05) is 19.2 Å². The Hall–Kier alpha value is -3.47. The van der Waals surface area contributed by atoms with Crippen molar-refractivity contribution < 1.29 is 19.0 Å². The lowest BCUT2D eigenvalue weighted by atomic mass is 10.1. The molecule has 5 heteroatoms. The second-order valence-corrected chi connectivity index (χ2v) is 6.84. The number of rotatable bonds is 8. The van der Waals surface area contributed by atoms with Crippen LogP contribution in [0.1, 0.15) is 11.1 Å². The minimum Gasteiger partial charge on any atom is -0.484 e. The highest BCUT2D eigenvalue weighted by Crippen LogP contribution is 2.35. The first-order valence-corrected chi connectivity index (χ1v) is 9.66. The molecule has 0 unspecified atom stereocenters. The average Bonchev–Trinajstić information content (AvgIpc) is 3.24. The van der Waals surface area contributed by atoms with Gasteiger partial charge in [-0.05, 0) is 29.7 Å². The number of carbonyl (C=O) groups is 1.